The van der Waals surface area contributed by atoms with Crippen LogP contribution in [-0.2, 0) is 0 Å². The Labute approximate surface area is 169 Å². The minimum Gasteiger partial charge on any atom is -0.394 e. The number of rotatable bonds is 7. The number of halogens is 2. The highest BCUT2D eigenvalue weighted by atomic mass is 35.5. The number of hydrogen-bond donors (Lipinski definition) is 4. The van der Waals surface area contributed by atoms with Crippen molar-refractivity contribution < 1.29 is 9.50 Å². The summed E-state index contributed by atoms with van der Waals surface area (Å²) >= 11 is 5.90. The molecule has 2 aromatic rings. The van der Waals surface area contributed by atoms with Crippen LogP contribution in [0.5, 0.6) is 0 Å². The Balaban J connectivity index is 2.00. The number of aliphatic hydroxyl groups is 1. The predicted octanol–water partition coefficient (Wildman–Crippen LogP) is 4.04. The molecule has 1 atom stereocenters. The molecule has 0 bridgehead atoms. The molecular formula is C19H26ClFN6O. The van der Waals surface area contributed by atoms with Gasteiger partial charge in [-0.25, -0.2) is 4.39 Å². The van der Waals surface area contributed by atoms with Gasteiger partial charge in [-0.05, 0) is 38.0 Å². The lowest BCUT2D eigenvalue weighted by atomic mass is 10.1. The summed E-state index contributed by atoms with van der Waals surface area (Å²) in [6, 6.07) is 4.48. The normalized spacial score (nSPS) is 14.2. The molecule has 1 aliphatic heterocycles. The van der Waals surface area contributed by atoms with E-state index in [9.17, 15) is 9.50 Å². The molecule has 0 saturated heterocycles. The van der Waals surface area contributed by atoms with E-state index in [1.165, 1.54) is 12.1 Å². The first-order valence-electron chi connectivity index (χ1n) is 9.32. The van der Waals surface area contributed by atoms with Gasteiger partial charge in [0.2, 0.25) is 5.95 Å². The molecule has 1 aliphatic rings. The van der Waals surface area contributed by atoms with Crippen molar-refractivity contribution in [3.8, 4) is 0 Å². The van der Waals surface area contributed by atoms with Crippen LogP contribution in [0.4, 0.5) is 33.3 Å². The van der Waals surface area contributed by atoms with E-state index in [4.69, 9.17) is 11.6 Å². The summed E-state index contributed by atoms with van der Waals surface area (Å²) in [7, 11) is 0. The molecule has 0 aliphatic carbocycles. The molecule has 3 rings (SSSR count). The molecule has 2 heterocycles. The lowest BCUT2D eigenvalue weighted by Crippen LogP contribution is -2.32. The van der Waals surface area contributed by atoms with Gasteiger partial charge in [-0.15, -0.1) is 0 Å². The molecule has 4 N–H and O–H groups in total. The minimum atomic E-state index is -0.477. The van der Waals surface area contributed by atoms with Crippen LogP contribution in [0.1, 0.15) is 27.7 Å². The van der Waals surface area contributed by atoms with Gasteiger partial charge in [0.1, 0.15) is 11.5 Å². The lowest BCUT2D eigenvalue weighted by molar-refractivity contribution is 0.248. The summed E-state index contributed by atoms with van der Waals surface area (Å²) in [6.45, 7) is 8.79. The smallest absolute Gasteiger partial charge is 0.227 e. The Hall–Kier alpha value is -2.32. The van der Waals surface area contributed by atoms with E-state index >= 15 is 0 Å². The van der Waals surface area contributed by atoms with Crippen molar-refractivity contribution in [2.24, 2.45) is 5.92 Å². The van der Waals surface area contributed by atoms with E-state index in [0.29, 0.717) is 24.1 Å². The maximum absolute atomic E-state index is 13.5. The van der Waals surface area contributed by atoms with Crippen LogP contribution >= 0.6 is 11.6 Å². The van der Waals surface area contributed by atoms with Crippen LogP contribution in [0.25, 0.3) is 0 Å². The predicted molar refractivity (Wildman–Crippen MR) is 112 cm³/mol. The fraction of sp³-hybridized carbons (Fsp3) is 0.474. The number of anilines is 5. The molecule has 0 saturated carbocycles. The van der Waals surface area contributed by atoms with Crippen molar-refractivity contribution in [1.82, 2.24) is 9.97 Å². The first-order valence-corrected chi connectivity index (χ1v) is 9.70. The van der Waals surface area contributed by atoms with E-state index in [0.717, 1.165) is 11.5 Å². The average Bonchev–Trinajstić information content (AvgIpc) is 3.07. The van der Waals surface area contributed by atoms with Crippen molar-refractivity contribution in [2.45, 2.75) is 39.8 Å². The number of fused-ring (bicyclic) bond motifs is 1. The van der Waals surface area contributed by atoms with Gasteiger partial charge < -0.3 is 26.0 Å². The van der Waals surface area contributed by atoms with Crippen LogP contribution in [0.2, 0.25) is 5.02 Å². The zero-order chi connectivity index (χ0) is 20.4. The summed E-state index contributed by atoms with van der Waals surface area (Å²) in [4.78, 5) is 11.4. The van der Waals surface area contributed by atoms with Crippen LogP contribution < -0.4 is 20.9 Å². The van der Waals surface area contributed by atoms with Gasteiger partial charge in [-0.1, -0.05) is 25.4 Å². The number of nitrogens with zero attached hydrogens (tertiary/aromatic N) is 3. The Bertz CT molecular complexity index is 847. The quantitative estimate of drug-likeness (QED) is 0.550. The first-order chi connectivity index (χ1) is 13.3. The van der Waals surface area contributed by atoms with E-state index in [2.05, 4.69) is 44.7 Å². The van der Waals surface area contributed by atoms with Gasteiger partial charge in [0, 0.05) is 11.7 Å². The van der Waals surface area contributed by atoms with E-state index in [1.807, 2.05) is 13.8 Å². The summed E-state index contributed by atoms with van der Waals surface area (Å²) in [5.74, 6) is 1.46. The van der Waals surface area contributed by atoms with Crippen molar-refractivity contribution in [3.05, 3.63) is 29.0 Å². The van der Waals surface area contributed by atoms with E-state index < -0.39 is 5.82 Å². The topological polar surface area (TPSA) is 85.3 Å². The van der Waals surface area contributed by atoms with Crippen molar-refractivity contribution in [1.29, 1.82) is 0 Å². The monoisotopic (exact) mass is 408 g/mol. The molecule has 7 nitrogen and oxygen atoms in total. The molecule has 0 amide bonds. The SMILES string of the molecule is CC(C)[C@H](CO)Nc1nc(Nc2ccc(F)c(Cl)c2)c2c(n1)N(C(C)C)CN2. The molecule has 0 radical (unpaired) electrons. The molecular weight excluding hydrogens is 383 g/mol. The van der Waals surface area contributed by atoms with E-state index in [1.54, 1.807) is 6.07 Å². The number of aliphatic hydroxyl groups excluding tert-OH is 1. The third kappa shape index (κ3) is 4.23. The maximum Gasteiger partial charge on any atom is 0.227 e. The van der Waals surface area contributed by atoms with Crippen molar-refractivity contribution >= 4 is 40.6 Å². The van der Waals surface area contributed by atoms with Gasteiger partial charge >= 0.3 is 0 Å². The third-order valence-corrected chi connectivity index (χ3v) is 5.00. The van der Waals surface area contributed by atoms with Gasteiger partial charge in [-0.3, -0.25) is 0 Å². The standard InChI is InChI=1S/C19H26ClFN6O/c1-10(2)15(8-28)24-19-25-17(23-12-5-6-14(21)13(20)7-12)16-18(26-19)27(9-22-16)11(3)4/h5-7,10-11,15,22,28H,8-9H2,1-4H3,(H2,23,24,25,26)/t15-/m0/s1. The van der Waals surface area contributed by atoms with Crippen LogP contribution in [0.15, 0.2) is 18.2 Å². The molecule has 0 fully saturated rings. The third-order valence-electron chi connectivity index (χ3n) is 4.71. The Morgan fingerprint density at radius 2 is 2.04 bits per heavy atom. The zero-order valence-electron chi connectivity index (χ0n) is 16.4. The van der Waals surface area contributed by atoms with Crippen LogP contribution in [-0.4, -0.2) is 40.4 Å². The molecule has 0 unspecified atom stereocenters. The number of hydrogen-bond acceptors (Lipinski definition) is 7. The molecule has 1 aromatic carbocycles. The number of nitrogens with one attached hydrogen (secondary N) is 3. The second-order valence-corrected chi connectivity index (χ2v) is 7.83. The molecule has 0 spiro atoms. The minimum absolute atomic E-state index is 0.0272. The Morgan fingerprint density at radius 3 is 2.64 bits per heavy atom. The number of benzene rings is 1. The van der Waals surface area contributed by atoms with Crippen LogP contribution in [0.3, 0.4) is 0 Å². The van der Waals surface area contributed by atoms with Gasteiger partial charge in [-0.2, -0.15) is 9.97 Å². The second-order valence-electron chi connectivity index (χ2n) is 7.42. The summed E-state index contributed by atoms with van der Waals surface area (Å²) < 4.78 is 13.5. The van der Waals surface area contributed by atoms with Crippen LogP contribution in [0, 0.1) is 11.7 Å². The summed E-state index contributed by atoms with van der Waals surface area (Å²) in [5, 5.41) is 19.4. The molecule has 28 heavy (non-hydrogen) atoms. The molecule has 152 valence electrons. The van der Waals surface area contributed by atoms with Gasteiger partial charge in [0.25, 0.3) is 0 Å². The Kier molecular flexibility index (Phi) is 6.10. The Morgan fingerprint density at radius 1 is 1.29 bits per heavy atom. The highest BCUT2D eigenvalue weighted by Crippen LogP contribution is 2.38. The lowest BCUT2D eigenvalue weighted by Gasteiger charge is -2.24. The van der Waals surface area contributed by atoms with Crippen molar-refractivity contribution in [3.63, 3.8) is 0 Å². The van der Waals surface area contributed by atoms with Crippen molar-refractivity contribution in [2.75, 3.05) is 34.1 Å². The largest absolute Gasteiger partial charge is 0.394 e. The summed E-state index contributed by atoms with van der Waals surface area (Å²) in [5.41, 5.74) is 1.38. The first kappa shape index (κ1) is 20.4. The summed E-state index contributed by atoms with van der Waals surface area (Å²) in [6.07, 6.45) is 0. The fourth-order valence-corrected chi connectivity index (χ4v) is 3.12. The fourth-order valence-electron chi connectivity index (χ4n) is 2.94. The average molecular weight is 409 g/mol. The molecule has 9 heteroatoms. The number of aromatic nitrogens is 2. The second kappa shape index (κ2) is 8.36. The molecule has 1 aromatic heterocycles. The maximum atomic E-state index is 13.5. The highest BCUT2D eigenvalue weighted by molar-refractivity contribution is 6.31. The highest BCUT2D eigenvalue weighted by Gasteiger charge is 2.28. The zero-order valence-corrected chi connectivity index (χ0v) is 17.2. The van der Waals surface area contributed by atoms with Gasteiger partial charge in [0.05, 0.1) is 24.3 Å². The van der Waals surface area contributed by atoms with Gasteiger partial charge in [0.15, 0.2) is 11.6 Å². The van der Waals surface area contributed by atoms with E-state index in [-0.39, 0.29) is 29.6 Å².